The van der Waals surface area contributed by atoms with Crippen LogP contribution in [0.3, 0.4) is 0 Å². The summed E-state index contributed by atoms with van der Waals surface area (Å²) in [6, 6.07) is 13.8. The molecule has 0 saturated heterocycles. The summed E-state index contributed by atoms with van der Waals surface area (Å²) in [4.78, 5) is 38.4. The second-order valence-corrected chi connectivity index (χ2v) is 6.57. The van der Waals surface area contributed by atoms with Crippen molar-refractivity contribution in [3.8, 4) is 5.75 Å². The van der Waals surface area contributed by atoms with Gasteiger partial charge in [-0.15, -0.1) is 0 Å². The average Bonchev–Trinajstić information content (AvgIpc) is 2.80. The maximum Gasteiger partial charge on any atom is 0.310 e. The molecule has 1 aliphatic rings. The van der Waals surface area contributed by atoms with Crippen LogP contribution >= 0.6 is 0 Å². The number of nitrogens with one attached hydrogen (secondary N) is 1. The van der Waals surface area contributed by atoms with Gasteiger partial charge in [-0.25, -0.2) is 0 Å². The zero-order valence-corrected chi connectivity index (χ0v) is 15.8. The van der Waals surface area contributed by atoms with E-state index in [1.807, 2.05) is 0 Å². The second kappa shape index (κ2) is 8.56. The summed E-state index contributed by atoms with van der Waals surface area (Å²) in [5.41, 5.74) is 1.89. The van der Waals surface area contributed by atoms with E-state index in [1.165, 1.54) is 4.90 Å². The molecule has 1 atom stereocenters. The summed E-state index contributed by atoms with van der Waals surface area (Å²) in [6.45, 7) is 1.40. The minimum absolute atomic E-state index is 0.0384. The Kier molecular flexibility index (Phi) is 5.93. The van der Waals surface area contributed by atoms with Gasteiger partial charge < -0.3 is 19.7 Å². The maximum atomic E-state index is 12.8. The van der Waals surface area contributed by atoms with Gasteiger partial charge in [0.1, 0.15) is 5.75 Å². The highest BCUT2D eigenvalue weighted by Gasteiger charge is 2.30. The lowest BCUT2D eigenvalue weighted by atomic mass is 10.1. The molecule has 0 fully saturated rings. The lowest BCUT2D eigenvalue weighted by molar-refractivity contribution is -0.147. The Morgan fingerprint density at radius 3 is 2.75 bits per heavy atom. The summed E-state index contributed by atoms with van der Waals surface area (Å²) in [7, 11) is 1.55. The molecule has 0 saturated carbocycles. The normalized spacial score (nSPS) is 15.9. The summed E-state index contributed by atoms with van der Waals surface area (Å²) < 4.78 is 10.3. The van der Waals surface area contributed by atoms with Crippen molar-refractivity contribution in [2.75, 3.05) is 23.9 Å². The van der Waals surface area contributed by atoms with Crippen LogP contribution in [0.4, 0.5) is 11.4 Å². The van der Waals surface area contributed by atoms with Gasteiger partial charge >= 0.3 is 5.97 Å². The summed E-state index contributed by atoms with van der Waals surface area (Å²) in [5.74, 6) is -0.402. The quantitative estimate of drug-likeness (QED) is 0.804. The van der Waals surface area contributed by atoms with E-state index >= 15 is 0 Å². The number of fused-ring (bicyclic) bond motifs is 1. The molecule has 1 aliphatic heterocycles. The Labute approximate surface area is 163 Å². The number of benzene rings is 2. The number of hydrogen-bond acceptors (Lipinski definition) is 5. The van der Waals surface area contributed by atoms with Crippen molar-refractivity contribution in [3.63, 3.8) is 0 Å². The van der Waals surface area contributed by atoms with E-state index in [-0.39, 0.29) is 30.7 Å². The van der Waals surface area contributed by atoms with Gasteiger partial charge in [0, 0.05) is 12.5 Å². The van der Waals surface area contributed by atoms with E-state index in [1.54, 1.807) is 62.6 Å². The molecule has 0 radical (unpaired) electrons. The van der Waals surface area contributed by atoms with Gasteiger partial charge in [0.05, 0.1) is 24.9 Å². The third-order valence-corrected chi connectivity index (χ3v) is 4.47. The minimum Gasteiger partial charge on any atom is -0.497 e. The van der Waals surface area contributed by atoms with Gasteiger partial charge in [-0.2, -0.15) is 0 Å². The van der Waals surface area contributed by atoms with Crippen LogP contribution in [0.5, 0.6) is 5.75 Å². The van der Waals surface area contributed by atoms with E-state index in [4.69, 9.17) is 9.47 Å². The lowest BCUT2D eigenvalue weighted by Gasteiger charge is -2.27. The maximum absolute atomic E-state index is 12.8. The van der Waals surface area contributed by atoms with Gasteiger partial charge in [0.2, 0.25) is 5.91 Å². The molecule has 3 rings (SSSR count). The Morgan fingerprint density at radius 2 is 1.96 bits per heavy atom. The summed E-state index contributed by atoms with van der Waals surface area (Å²) in [6.07, 6.45) is 0.203. The molecule has 0 bridgehead atoms. The van der Waals surface area contributed by atoms with Crippen LogP contribution in [-0.4, -0.2) is 37.5 Å². The number of anilines is 2. The molecule has 0 aromatic heterocycles. The molecular formula is C21H22N2O5. The number of esters is 1. The van der Waals surface area contributed by atoms with Gasteiger partial charge in [0.15, 0.2) is 6.61 Å². The second-order valence-electron chi connectivity index (χ2n) is 6.57. The molecule has 0 unspecified atom stereocenters. The summed E-state index contributed by atoms with van der Waals surface area (Å²) in [5, 5.41) is 2.79. The van der Waals surface area contributed by atoms with Crippen LogP contribution in [0.1, 0.15) is 18.9 Å². The SMILES string of the molecule is COc1cccc(CC(=O)OCC(=O)N2c3ccccc3NC(=O)C[C@@H]2C)c1. The Hall–Kier alpha value is -3.35. The number of para-hydroxylation sites is 2. The number of carbonyl (C=O) groups is 3. The van der Waals surface area contributed by atoms with Crippen LogP contribution in [0.2, 0.25) is 0 Å². The van der Waals surface area contributed by atoms with E-state index in [2.05, 4.69) is 5.32 Å². The monoisotopic (exact) mass is 382 g/mol. The highest BCUT2D eigenvalue weighted by atomic mass is 16.5. The Morgan fingerprint density at radius 1 is 1.18 bits per heavy atom. The fourth-order valence-corrected chi connectivity index (χ4v) is 3.18. The molecule has 7 nitrogen and oxygen atoms in total. The van der Waals surface area contributed by atoms with Crippen LogP contribution in [0.15, 0.2) is 48.5 Å². The number of amides is 2. The zero-order chi connectivity index (χ0) is 20.1. The Balaban J connectivity index is 1.66. The molecule has 7 heteroatoms. The predicted molar refractivity (Wildman–Crippen MR) is 104 cm³/mol. The third kappa shape index (κ3) is 4.49. The highest BCUT2D eigenvalue weighted by molar-refractivity contribution is 6.05. The number of hydrogen-bond donors (Lipinski definition) is 1. The van der Waals surface area contributed by atoms with Gasteiger partial charge in [-0.05, 0) is 36.8 Å². The standard InChI is InChI=1S/C21H22N2O5/c1-14-10-19(24)22-17-8-3-4-9-18(17)23(14)20(25)13-28-21(26)12-15-6-5-7-16(11-15)27-2/h3-9,11,14H,10,12-13H2,1-2H3,(H,22,24)/t14-/m0/s1. The molecule has 1 N–H and O–H groups in total. The van der Waals surface area contributed by atoms with Crippen LogP contribution in [-0.2, 0) is 25.5 Å². The number of methoxy groups -OCH3 is 1. The molecule has 146 valence electrons. The molecule has 2 aromatic carbocycles. The van der Waals surface area contributed by atoms with Gasteiger partial charge in [-0.3, -0.25) is 14.4 Å². The summed E-state index contributed by atoms with van der Waals surface area (Å²) >= 11 is 0. The molecule has 0 spiro atoms. The number of nitrogens with zero attached hydrogens (tertiary/aromatic N) is 1. The van der Waals surface area contributed by atoms with Crippen LogP contribution in [0, 0.1) is 0 Å². The lowest BCUT2D eigenvalue weighted by Crippen LogP contribution is -2.41. The molecule has 28 heavy (non-hydrogen) atoms. The number of carbonyl (C=O) groups excluding carboxylic acids is 3. The topological polar surface area (TPSA) is 84.9 Å². The largest absolute Gasteiger partial charge is 0.497 e. The first kappa shape index (κ1) is 19.4. The first-order valence-electron chi connectivity index (χ1n) is 8.97. The van der Waals surface area contributed by atoms with Crippen LogP contribution in [0.25, 0.3) is 0 Å². The first-order chi connectivity index (χ1) is 13.5. The third-order valence-electron chi connectivity index (χ3n) is 4.47. The van der Waals surface area contributed by atoms with Crippen molar-refractivity contribution in [2.24, 2.45) is 0 Å². The predicted octanol–water partition coefficient (Wildman–Crippen LogP) is 2.54. The van der Waals surface area contributed by atoms with Crippen molar-refractivity contribution < 1.29 is 23.9 Å². The van der Waals surface area contributed by atoms with E-state index in [9.17, 15) is 14.4 Å². The molecule has 1 heterocycles. The van der Waals surface area contributed by atoms with Crippen molar-refractivity contribution in [1.29, 1.82) is 0 Å². The molecular weight excluding hydrogens is 360 g/mol. The van der Waals surface area contributed by atoms with Gasteiger partial charge in [0.25, 0.3) is 5.91 Å². The van der Waals surface area contributed by atoms with Crippen molar-refractivity contribution in [2.45, 2.75) is 25.8 Å². The smallest absolute Gasteiger partial charge is 0.310 e. The van der Waals surface area contributed by atoms with Gasteiger partial charge in [-0.1, -0.05) is 24.3 Å². The van der Waals surface area contributed by atoms with E-state index in [0.29, 0.717) is 17.1 Å². The Bertz CT molecular complexity index is 896. The molecule has 2 amide bonds. The van der Waals surface area contributed by atoms with E-state index < -0.39 is 12.6 Å². The van der Waals surface area contributed by atoms with Crippen molar-refractivity contribution in [1.82, 2.24) is 0 Å². The van der Waals surface area contributed by atoms with Crippen molar-refractivity contribution >= 4 is 29.2 Å². The first-order valence-corrected chi connectivity index (χ1v) is 8.97. The van der Waals surface area contributed by atoms with Crippen molar-refractivity contribution in [3.05, 3.63) is 54.1 Å². The minimum atomic E-state index is -0.508. The number of rotatable bonds is 5. The fourth-order valence-electron chi connectivity index (χ4n) is 3.18. The molecule has 2 aromatic rings. The van der Waals surface area contributed by atoms with Crippen LogP contribution < -0.4 is 15.0 Å². The fraction of sp³-hybridized carbons (Fsp3) is 0.286. The average molecular weight is 382 g/mol. The molecule has 0 aliphatic carbocycles. The highest BCUT2D eigenvalue weighted by Crippen LogP contribution is 2.31. The zero-order valence-electron chi connectivity index (χ0n) is 15.8. The van der Waals surface area contributed by atoms with E-state index in [0.717, 1.165) is 5.56 Å². The number of ether oxygens (including phenoxy) is 2.